The molecule has 2 aromatic rings. The third-order valence-corrected chi connectivity index (χ3v) is 5.18. The molecule has 12 nitrogen and oxygen atoms in total. The van der Waals surface area contributed by atoms with Crippen molar-refractivity contribution in [2.75, 3.05) is 10.6 Å². The second-order valence-electron chi connectivity index (χ2n) is 5.87. The van der Waals surface area contributed by atoms with E-state index in [0.29, 0.717) is 0 Å². The summed E-state index contributed by atoms with van der Waals surface area (Å²) < 4.78 is 64.9. The third kappa shape index (κ3) is 6.15. The van der Waals surface area contributed by atoms with Crippen LogP contribution in [0.15, 0.2) is 56.4 Å². The maximum absolute atomic E-state index is 11.5. The number of carbonyl (C=O) groups is 2. The summed E-state index contributed by atoms with van der Waals surface area (Å²) in [5.41, 5.74) is -0.429. The Morgan fingerprint density at radius 3 is 1.33 bits per heavy atom. The van der Waals surface area contributed by atoms with Crippen molar-refractivity contribution in [1.29, 1.82) is 0 Å². The van der Waals surface area contributed by atoms with Gasteiger partial charge in [-0.15, -0.1) is 0 Å². The van der Waals surface area contributed by atoms with Crippen LogP contribution in [0.5, 0.6) is 0 Å². The summed E-state index contributed by atoms with van der Waals surface area (Å²) in [5.74, 6) is -1.13. The van der Waals surface area contributed by atoms with Gasteiger partial charge in [0.2, 0.25) is 11.8 Å². The molecule has 0 aliphatic carbocycles. The van der Waals surface area contributed by atoms with Crippen molar-refractivity contribution in [1.82, 2.24) is 0 Å². The van der Waals surface area contributed by atoms with Crippen LogP contribution in [0.2, 0.25) is 0 Å². The SMILES string of the molecule is CC(=O)Nc1ccc(N=Nc2ccc(NC(C)=O)c(S(=O)(=O)O)c2)cc1S(=O)(=O)O. The van der Waals surface area contributed by atoms with Gasteiger partial charge in [-0.25, -0.2) is 0 Å². The fourth-order valence-corrected chi connectivity index (χ4v) is 3.61. The van der Waals surface area contributed by atoms with Crippen LogP contribution in [0, 0.1) is 0 Å². The fraction of sp³-hybridized carbons (Fsp3) is 0.125. The molecule has 0 fully saturated rings. The Kier molecular flexibility index (Phi) is 6.66. The number of hydrogen-bond donors (Lipinski definition) is 4. The second kappa shape index (κ2) is 8.66. The predicted octanol–water partition coefficient (Wildman–Crippen LogP) is 2.51. The van der Waals surface area contributed by atoms with E-state index >= 15 is 0 Å². The van der Waals surface area contributed by atoms with Gasteiger partial charge < -0.3 is 10.6 Å². The predicted molar refractivity (Wildman–Crippen MR) is 105 cm³/mol. The van der Waals surface area contributed by atoms with Crippen LogP contribution < -0.4 is 10.6 Å². The summed E-state index contributed by atoms with van der Waals surface area (Å²) in [6.45, 7) is 2.30. The van der Waals surface area contributed by atoms with E-state index in [0.717, 1.165) is 26.0 Å². The summed E-state index contributed by atoms with van der Waals surface area (Å²) in [6.07, 6.45) is 0. The lowest BCUT2D eigenvalue weighted by Gasteiger charge is -2.08. The van der Waals surface area contributed by atoms with E-state index in [1.54, 1.807) is 0 Å². The van der Waals surface area contributed by atoms with Crippen molar-refractivity contribution in [3.63, 3.8) is 0 Å². The zero-order valence-corrected chi connectivity index (χ0v) is 17.2. The first-order chi connectivity index (χ1) is 13.8. The van der Waals surface area contributed by atoms with Crippen LogP contribution in [0.1, 0.15) is 13.8 Å². The molecule has 30 heavy (non-hydrogen) atoms. The van der Waals surface area contributed by atoms with Crippen molar-refractivity contribution >= 4 is 54.8 Å². The first kappa shape index (κ1) is 23.1. The first-order valence-corrected chi connectivity index (χ1v) is 10.9. The highest BCUT2D eigenvalue weighted by Crippen LogP contribution is 2.30. The minimum absolute atomic E-state index is 0.0453. The minimum atomic E-state index is -4.70. The smallest absolute Gasteiger partial charge is 0.296 e. The lowest BCUT2D eigenvalue weighted by Crippen LogP contribution is -2.10. The molecule has 0 radical (unpaired) electrons. The van der Waals surface area contributed by atoms with Crippen molar-refractivity contribution in [3.8, 4) is 0 Å². The molecule has 0 heterocycles. The molecule has 160 valence electrons. The van der Waals surface area contributed by atoms with E-state index in [4.69, 9.17) is 0 Å². The molecule has 4 N–H and O–H groups in total. The average molecular weight is 456 g/mol. The van der Waals surface area contributed by atoms with Gasteiger partial charge in [-0.2, -0.15) is 27.1 Å². The molecule has 2 rings (SSSR count). The Balaban J connectivity index is 2.46. The average Bonchev–Trinajstić information content (AvgIpc) is 2.59. The largest absolute Gasteiger partial charge is 0.325 e. The van der Waals surface area contributed by atoms with Gasteiger partial charge in [-0.05, 0) is 36.4 Å². The number of anilines is 2. The number of hydrogen-bond acceptors (Lipinski definition) is 8. The van der Waals surface area contributed by atoms with Crippen LogP contribution >= 0.6 is 0 Å². The molecule has 2 amide bonds. The van der Waals surface area contributed by atoms with Crippen molar-refractivity contribution in [3.05, 3.63) is 36.4 Å². The molecular formula is C16H16N4O8S2. The Morgan fingerprint density at radius 1 is 0.733 bits per heavy atom. The van der Waals surface area contributed by atoms with Crippen LogP contribution in [0.4, 0.5) is 22.7 Å². The normalized spacial score (nSPS) is 12.0. The van der Waals surface area contributed by atoms with Crippen LogP contribution in [0.3, 0.4) is 0 Å². The van der Waals surface area contributed by atoms with Crippen LogP contribution in [-0.2, 0) is 29.8 Å². The molecule has 0 spiro atoms. The number of nitrogens with one attached hydrogen (secondary N) is 2. The summed E-state index contributed by atoms with van der Waals surface area (Å²) in [7, 11) is -9.39. The number of nitrogens with zero attached hydrogens (tertiary/aromatic N) is 2. The van der Waals surface area contributed by atoms with Gasteiger partial charge in [-0.1, -0.05) is 0 Å². The van der Waals surface area contributed by atoms with E-state index in [-0.39, 0.29) is 22.7 Å². The Labute approximate surface area is 171 Å². The van der Waals surface area contributed by atoms with Crippen molar-refractivity contribution < 1.29 is 35.5 Å². The van der Waals surface area contributed by atoms with E-state index in [9.17, 15) is 35.5 Å². The second-order valence-corrected chi connectivity index (χ2v) is 8.65. The Morgan fingerprint density at radius 2 is 1.07 bits per heavy atom. The van der Waals surface area contributed by atoms with Gasteiger partial charge in [0, 0.05) is 13.8 Å². The molecule has 0 aliphatic rings. The number of carbonyl (C=O) groups excluding carboxylic acids is 2. The molecule has 0 atom stereocenters. The summed E-state index contributed by atoms with van der Waals surface area (Å²) >= 11 is 0. The Hall–Kier alpha value is -3.20. The van der Waals surface area contributed by atoms with E-state index in [2.05, 4.69) is 20.9 Å². The highest BCUT2D eigenvalue weighted by atomic mass is 32.2. The van der Waals surface area contributed by atoms with Gasteiger partial charge in [0.05, 0.1) is 22.7 Å². The number of rotatable bonds is 6. The maximum atomic E-state index is 11.5. The lowest BCUT2D eigenvalue weighted by molar-refractivity contribution is -0.115. The van der Waals surface area contributed by atoms with Gasteiger partial charge in [0.1, 0.15) is 9.79 Å². The fourth-order valence-electron chi connectivity index (χ4n) is 2.27. The van der Waals surface area contributed by atoms with Gasteiger partial charge in [-0.3, -0.25) is 18.7 Å². The summed E-state index contributed by atoms with van der Waals surface area (Å²) in [6, 6.07) is 6.83. The lowest BCUT2D eigenvalue weighted by atomic mass is 10.2. The standard InChI is InChI=1S/C16H16N4O8S2/c1-9(21)17-13-5-3-11(7-15(13)29(23,24)25)19-20-12-4-6-14(18-10(2)22)16(8-12)30(26,27)28/h3-8H,1-2H3,(H,17,21)(H,18,22)(H,23,24,25)(H,26,27,28). The van der Waals surface area contributed by atoms with E-state index < -0.39 is 41.8 Å². The monoisotopic (exact) mass is 456 g/mol. The Bertz CT molecular complexity index is 1160. The quantitative estimate of drug-likeness (QED) is 0.376. The molecule has 0 aliphatic heterocycles. The summed E-state index contributed by atoms with van der Waals surface area (Å²) in [4.78, 5) is 21.1. The van der Waals surface area contributed by atoms with Gasteiger partial charge in [0.15, 0.2) is 0 Å². The first-order valence-electron chi connectivity index (χ1n) is 7.97. The topological polar surface area (TPSA) is 192 Å². The van der Waals surface area contributed by atoms with E-state index in [1.165, 1.54) is 24.3 Å². The molecule has 0 aromatic heterocycles. The van der Waals surface area contributed by atoms with Crippen LogP contribution in [0.25, 0.3) is 0 Å². The van der Waals surface area contributed by atoms with Crippen molar-refractivity contribution in [2.45, 2.75) is 23.6 Å². The summed E-state index contributed by atoms with van der Waals surface area (Å²) in [5, 5.41) is 12.0. The zero-order chi connectivity index (χ0) is 22.7. The van der Waals surface area contributed by atoms with Gasteiger partial charge in [0.25, 0.3) is 20.2 Å². The van der Waals surface area contributed by atoms with E-state index in [1.807, 2.05) is 0 Å². The number of amides is 2. The molecular weight excluding hydrogens is 440 g/mol. The molecule has 0 unspecified atom stereocenters. The third-order valence-electron chi connectivity index (χ3n) is 3.39. The molecule has 0 saturated carbocycles. The zero-order valence-electron chi connectivity index (χ0n) is 15.5. The minimum Gasteiger partial charge on any atom is -0.325 e. The molecule has 2 aromatic carbocycles. The van der Waals surface area contributed by atoms with Gasteiger partial charge >= 0.3 is 0 Å². The van der Waals surface area contributed by atoms with Crippen molar-refractivity contribution in [2.24, 2.45) is 10.2 Å². The number of benzene rings is 2. The number of azo groups is 1. The molecule has 0 bridgehead atoms. The highest BCUT2D eigenvalue weighted by molar-refractivity contribution is 7.86. The highest BCUT2D eigenvalue weighted by Gasteiger charge is 2.18. The molecule has 0 saturated heterocycles. The van der Waals surface area contributed by atoms with Crippen LogP contribution in [-0.4, -0.2) is 37.8 Å². The molecule has 14 heteroatoms. The maximum Gasteiger partial charge on any atom is 0.296 e.